The summed E-state index contributed by atoms with van der Waals surface area (Å²) < 4.78 is 27.1. The van der Waals surface area contributed by atoms with Crippen LogP contribution in [0.3, 0.4) is 0 Å². The molecule has 2 aliphatic rings. The van der Waals surface area contributed by atoms with E-state index in [1.165, 1.54) is 16.4 Å². The molecule has 2 aliphatic heterocycles. The third-order valence-corrected chi connectivity index (χ3v) is 8.83. The van der Waals surface area contributed by atoms with Crippen LogP contribution >= 0.6 is 11.6 Å². The molecule has 0 radical (unpaired) electrons. The second kappa shape index (κ2) is 10.0. The van der Waals surface area contributed by atoms with Crippen LogP contribution in [-0.2, 0) is 14.8 Å². The van der Waals surface area contributed by atoms with Gasteiger partial charge in [-0.25, -0.2) is 8.42 Å². The zero-order valence-corrected chi connectivity index (χ0v) is 20.6. The standard InChI is InChI=1S/C24H31ClN4O3S/c1-27(2)22-13-14-28(17-22)21-7-5-20(6-8-21)26-24(30)18-11-15-29(16-12-18)33(31,32)23-9-3-19(25)4-10-23/h3-10,18,22H,11-17H2,1-2H3,(H,26,30). The quantitative estimate of drug-likeness (QED) is 0.670. The minimum Gasteiger partial charge on any atom is -0.370 e. The third kappa shape index (κ3) is 5.51. The summed E-state index contributed by atoms with van der Waals surface area (Å²) >= 11 is 5.87. The molecule has 0 bridgehead atoms. The van der Waals surface area contributed by atoms with E-state index in [0.717, 1.165) is 30.9 Å². The maximum absolute atomic E-state index is 12.8. The van der Waals surface area contributed by atoms with Gasteiger partial charge in [0.05, 0.1) is 4.90 Å². The second-order valence-corrected chi connectivity index (χ2v) is 11.4. The molecular weight excluding hydrogens is 460 g/mol. The lowest BCUT2D eigenvalue weighted by Gasteiger charge is -2.30. The van der Waals surface area contributed by atoms with Crippen LogP contribution in [0.5, 0.6) is 0 Å². The Labute approximate surface area is 201 Å². The van der Waals surface area contributed by atoms with Crippen molar-refractivity contribution in [3.63, 3.8) is 0 Å². The Balaban J connectivity index is 1.30. The Morgan fingerprint density at radius 1 is 0.970 bits per heavy atom. The van der Waals surface area contributed by atoms with Gasteiger partial charge in [0.1, 0.15) is 0 Å². The number of nitrogens with one attached hydrogen (secondary N) is 1. The summed E-state index contributed by atoms with van der Waals surface area (Å²) in [5.74, 6) is -0.263. The molecule has 0 aromatic heterocycles. The number of piperidine rings is 1. The van der Waals surface area contributed by atoms with E-state index in [2.05, 4.69) is 41.3 Å². The molecule has 2 heterocycles. The molecule has 2 fully saturated rings. The third-order valence-electron chi connectivity index (χ3n) is 6.67. The highest BCUT2D eigenvalue weighted by molar-refractivity contribution is 7.89. The number of halogens is 1. The van der Waals surface area contributed by atoms with Crippen LogP contribution in [0.4, 0.5) is 11.4 Å². The molecular formula is C24H31ClN4O3S. The molecule has 0 aliphatic carbocycles. The van der Waals surface area contributed by atoms with Crippen LogP contribution in [-0.4, -0.2) is 69.8 Å². The monoisotopic (exact) mass is 490 g/mol. The van der Waals surface area contributed by atoms with E-state index >= 15 is 0 Å². The number of rotatable bonds is 6. The van der Waals surface area contributed by atoms with Crippen molar-refractivity contribution in [2.45, 2.75) is 30.2 Å². The lowest BCUT2D eigenvalue weighted by Crippen LogP contribution is -2.41. The van der Waals surface area contributed by atoms with E-state index < -0.39 is 10.0 Å². The number of carbonyl (C=O) groups excluding carboxylic acids is 1. The highest BCUT2D eigenvalue weighted by atomic mass is 35.5. The van der Waals surface area contributed by atoms with Crippen molar-refractivity contribution in [2.24, 2.45) is 5.92 Å². The smallest absolute Gasteiger partial charge is 0.243 e. The van der Waals surface area contributed by atoms with Crippen LogP contribution in [0.15, 0.2) is 53.4 Å². The molecule has 178 valence electrons. The fraction of sp³-hybridized carbons (Fsp3) is 0.458. The topological polar surface area (TPSA) is 73.0 Å². The summed E-state index contributed by atoms with van der Waals surface area (Å²) in [5, 5.41) is 3.50. The van der Waals surface area contributed by atoms with Crippen LogP contribution in [0, 0.1) is 5.92 Å². The summed E-state index contributed by atoms with van der Waals surface area (Å²) in [5.41, 5.74) is 1.93. The van der Waals surface area contributed by atoms with Crippen LogP contribution in [0.1, 0.15) is 19.3 Å². The first-order valence-electron chi connectivity index (χ1n) is 11.3. The fourth-order valence-electron chi connectivity index (χ4n) is 4.51. The van der Waals surface area contributed by atoms with Crippen molar-refractivity contribution in [3.8, 4) is 0 Å². The van der Waals surface area contributed by atoms with Crippen LogP contribution in [0.25, 0.3) is 0 Å². The first kappa shape index (κ1) is 24.0. The van der Waals surface area contributed by atoms with Gasteiger partial charge in [-0.2, -0.15) is 4.31 Å². The molecule has 2 aromatic carbocycles. The van der Waals surface area contributed by atoms with E-state index in [4.69, 9.17) is 11.6 Å². The van der Waals surface area contributed by atoms with Crippen molar-refractivity contribution in [1.29, 1.82) is 0 Å². The molecule has 2 saturated heterocycles. The van der Waals surface area contributed by atoms with Gasteiger partial charge in [-0.1, -0.05) is 11.6 Å². The van der Waals surface area contributed by atoms with Crippen molar-refractivity contribution >= 4 is 38.9 Å². The summed E-state index contributed by atoms with van der Waals surface area (Å²) in [7, 11) is 0.657. The summed E-state index contributed by atoms with van der Waals surface area (Å²) in [4.78, 5) is 17.6. The van der Waals surface area contributed by atoms with Crippen LogP contribution in [0.2, 0.25) is 5.02 Å². The average Bonchev–Trinajstić information content (AvgIpc) is 3.31. The second-order valence-electron chi connectivity index (χ2n) is 9.02. The molecule has 1 amide bonds. The number of hydrogen-bond donors (Lipinski definition) is 1. The molecule has 1 N–H and O–H groups in total. The van der Waals surface area contributed by atoms with Gasteiger partial charge in [-0.15, -0.1) is 0 Å². The number of nitrogens with zero attached hydrogens (tertiary/aromatic N) is 3. The Morgan fingerprint density at radius 3 is 2.18 bits per heavy atom. The van der Waals surface area contributed by atoms with Crippen molar-refractivity contribution in [3.05, 3.63) is 53.6 Å². The lowest BCUT2D eigenvalue weighted by atomic mass is 9.97. The van der Waals surface area contributed by atoms with Gasteiger partial charge in [-0.05, 0) is 81.9 Å². The van der Waals surface area contributed by atoms with E-state index in [1.54, 1.807) is 12.1 Å². The molecule has 7 nitrogen and oxygen atoms in total. The number of carbonyl (C=O) groups is 1. The molecule has 33 heavy (non-hydrogen) atoms. The Kier molecular flexibility index (Phi) is 7.28. The summed E-state index contributed by atoms with van der Waals surface area (Å²) in [6.45, 7) is 2.69. The predicted octanol–water partition coefficient (Wildman–Crippen LogP) is 3.52. The zero-order chi connectivity index (χ0) is 23.6. The Hall–Kier alpha value is -2.13. The number of hydrogen-bond acceptors (Lipinski definition) is 5. The predicted molar refractivity (Wildman–Crippen MR) is 132 cm³/mol. The molecule has 9 heteroatoms. The molecule has 1 atom stereocenters. The maximum Gasteiger partial charge on any atom is 0.243 e. The number of anilines is 2. The zero-order valence-electron chi connectivity index (χ0n) is 19.1. The van der Waals surface area contributed by atoms with Gasteiger partial charge in [0.2, 0.25) is 15.9 Å². The van der Waals surface area contributed by atoms with Gasteiger partial charge in [-0.3, -0.25) is 4.79 Å². The minimum absolute atomic E-state index is 0.0554. The molecule has 1 unspecified atom stereocenters. The van der Waals surface area contributed by atoms with E-state index in [-0.39, 0.29) is 16.7 Å². The summed E-state index contributed by atoms with van der Waals surface area (Å²) in [6.07, 6.45) is 2.14. The van der Waals surface area contributed by atoms with E-state index in [9.17, 15) is 13.2 Å². The first-order valence-corrected chi connectivity index (χ1v) is 13.1. The lowest BCUT2D eigenvalue weighted by molar-refractivity contribution is -0.120. The number of likely N-dealkylation sites (N-methyl/N-ethyl adjacent to an activating group) is 1. The molecule has 0 saturated carbocycles. The highest BCUT2D eigenvalue weighted by Crippen LogP contribution is 2.27. The number of sulfonamides is 1. The van der Waals surface area contributed by atoms with Gasteiger partial charge in [0.15, 0.2) is 0 Å². The summed E-state index contributed by atoms with van der Waals surface area (Å²) in [6, 6.07) is 14.7. The first-order chi connectivity index (χ1) is 15.7. The maximum atomic E-state index is 12.8. The van der Waals surface area contributed by atoms with Crippen molar-refractivity contribution < 1.29 is 13.2 Å². The molecule has 4 rings (SSSR count). The molecule has 0 spiro atoms. The van der Waals surface area contributed by atoms with Crippen molar-refractivity contribution in [2.75, 3.05) is 50.5 Å². The van der Waals surface area contributed by atoms with Gasteiger partial charge in [0.25, 0.3) is 0 Å². The fourth-order valence-corrected chi connectivity index (χ4v) is 6.11. The van der Waals surface area contributed by atoms with E-state index in [0.29, 0.717) is 37.0 Å². The van der Waals surface area contributed by atoms with E-state index in [1.807, 2.05) is 12.1 Å². The largest absolute Gasteiger partial charge is 0.370 e. The molecule has 2 aromatic rings. The number of amides is 1. The average molecular weight is 491 g/mol. The van der Waals surface area contributed by atoms with Gasteiger partial charge >= 0.3 is 0 Å². The SMILES string of the molecule is CN(C)C1CCN(c2ccc(NC(=O)C3CCN(S(=O)(=O)c4ccc(Cl)cc4)CC3)cc2)C1. The van der Waals surface area contributed by atoms with Crippen molar-refractivity contribution in [1.82, 2.24) is 9.21 Å². The highest BCUT2D eigenvalue weighted by Gasteiger charge is 2.32. The van der Waals surface area contributed by atoms with Gasteiger partial charge < -0.3 is 15.1 Å². The van der Waals surface area contributed by atoms with Crippen LogP contribution < -0.4 is 10.2 Å². The minimum atomic E-state index is -3.57. The Morgan fingerprint density at radius 2 is 1.61 bits per heavy atom. The van der Waals surface area contributed by atoms with Gasteiger partial charge in [0, 0.05) is 54.5 Å². The normalized spacial score (nSPS) is 20.4. The Bertz CT molecular complexity index is 1070. The number of benzene rings is 2.